The molecule has 4 nitrogen and oxygen atoms in total. The van der Waals surface area contributed by atoms with Crippen LogP contribution in [0.25, 0.3) is 0 Å². The number of fused-ring (bicyclic) bond motifs is 1. The predicted molar refractivity (Wildman–Crippen MR) is 57.3 cm³/mol. The number of nitrogens with one attached hydrogen (secondary N) is 2. The highest BCUT2D eigenvalue weighted by Crippen LogP contribution is 2.34. The smallest absolute Gasteiger partial charge is 0.209 e. The molecule has 0 spiro atoms. The highest BCUT2D eigenvalue weighted by Gasteiger charge is 2.14. The Balaban J connectivity index is 2.08. The van der Waals surface area contributed by atoms with Crippen molar-refractivity contribution in [2.75, 3.05) is 5.32 Å². The molecular formula is C7H10N4S2. The summed E-state index contributed by atoms with van der Waals surface area (Å²) in [7, 11) is 0. The lowest BCUT2D eigenvalue weighted by molar-refractivity contribution is 0.732. The van der Waals surface area contributed by atoms with Gasteiger partial charge in [0.25, 0.3) is 0 Å². The van der Waals surface area contributed by atoms with Crippen LogP contribution in [0.15, 0.2) is 14.1 Å². The van der Waals surface area contributed by atoms with Crippen LogP contribution in [0.4, 0.5) is 5.82 Å². The van der Waals surface area contributed by atoms with E-state index in [2.05, 4.69) is 33.9 Å². The Kier molecular flexibility index (Phi) is 2.41. The van der Waals surface area contributed by atoms with Gasteiger partial charge in [0.15, 0.2) is 5.82 Å². The molecule has 2 heterocycles. The molecule has 6 heteroatoms. The number of rotatable bonds is 1. The molecule has 0 fully saturated rings. The fraction of sp³-hybridized carbons (Fsp3) is 0.429. The van der Waals surface area contributed by atoms with E-state index in [1.165, 1.54) is 11.9 Å². The van der Waals surface area contributed by atoms with E-state index in [4.69, 9.17) is 0 Å². The Bertz CT molecular complexity index is 331. The van der Waals surface area contributed by atoms with Crippen molar-refractivity contribution in [1.82, 2.24) is 10.3 Å². The van der Waals surface area contributed by atoms with Crippen molar-refractivity contribution in [3.8, 4) is 0 Å². The average Bonchev–Trinajstić information content (AvgIpc) is 2.49. The van der Waals surface area contributed by atoms with Gasteiger partial charge in [-0.2, -0.15) is 4.40 Å². The van der Waals surface area contributed by atoms with E-state index in [9.17, 15) is 0 Å². The van der Waals surface area contributed by atoms with Crippen molar-refractivity contribution < 1.29 is 0 Å². The van der Waals surface area contributed by atoms with E-state index >= 15 is 0 Å². The van der Waals surface area contributed by atoms with Crippen molar-refractivity contribution >= 4 is 35.1 Å². The summed E-state index contributed by atoms with van der Waals surface area (Å²) in [6.07, 6.45) is 0. The molecule has 0 aliphatic carbocycles. The zero-order valence-electron chi connectivity index (χ0n) is 7.37. The molecule has 0 amide bonds. The number of guanidine groups is 1. The normalized spacial score (nSPS) is 14.8. The summed E-state index contributed by atoms with van der Waals surface area (Å²) in [6, 6.07) is 0.382. The minimum absolute atomic E-state index is 0.382. The molecule has 0 saturated heterocycles. The van der Waals surface area contributed by atoms with E-state index in [0.717, 1.165) is 16.0 Å². The van der Waals surface area contributed by atoms with Gasteiger partial charge in [-0.1, -0.05) is 0 Å². The van der Waals surface area contributed by atoms with Gasteiger partial charge >= 0.3 is 0 Å². The molecule has 13 heavy (non-hydrogen) atoms. The Morgan fingerprint density at radius 2 is 2.38 bits per heavy atom. The molecule has 0 atom stereocenters. The second-order valence-electron chi connectivity index (χ2n) is 2.94. The van der Waals surface area contributed by atoms with Gasteiger partial charge < -0.3 is 10.6 Å². The van der Waals surface area contributed by atoms with E-state index in [-0.39, 0.29) is 0 Å². The second kappa shape index (κ2) is 3.55. The molecule has 1 aliphatic heterocycles. The lowest BCUT2D eigenvalue weighted by Crippen LogP contribution is -2.36. The van der Waals surface area contributed by atoms with Crippen molar-refractivity contribution in [3.63, 3.8) is 0 Å². The number of thiazole rings is 1. The van der Waals surface area contributed by atoms with Crippen LogP contribution in [0.1, 0.15) is 13.8 Å². The summed E-state index contributed by atoms with van der Waals surface area (Å²) in [5, 5.41) is 6.32. The summed E-state index contributed by atoms with van der Waals surface area (Å²) in [6.45, 7) is 4.15. The number of aromatic nitrogens is 1. The van der Waals surface area contributed by atoms with Gasteiger partial charge in [-0.15, -0.1) is 11.3 Å². The van der Waals surface area contributed by atoms with Gasteiger partial charge in [-0.3, -0.25) is 0 Å². The van der Waals surface area contributed by atoms with Gasteiger partial charge in [0.05, 0.1) is 5.51 Å². The standard InChI is InChI=1S/C7H10N4S2/c1-4(2)9-7-10-5-6(13-11-7)12-3-8-5/h3-4H,1-2H3,(H2,9,10,11). The first-order chi connectivity index (χ1) is 6.25. The van der Waals surface area contributed by atoms with Crippen molar-refractivity contribution in [2.45, 2.75) is 24.1 Å². The number of anilines is 1. The number of hydrogen-bond donors (Lipinski definition) is 2. The predicted octanol–water partition coefficient (Wildman–Crippen LogP) is 1.93. The minimum atomic E-state index is 0.382. The fourth-order valence-electron chi connectivity index (χ4n) is 0.941. The van der Waals surface area contributed by atoms with Crippen LogP contribution in [0.2, 0.25) is 0 Å². The zero-order chi connectivity index (χ0) is 9.26. The third-order valence-corrected chi connectivity index (χ3v) is 3.18. The van der Waals surface area contributed by atoms with E-state index in [1.807, 2.05) is 5.51 Å². The molecule has 70 valence electrons. The highest BCUT2D eigenvalue weighted by atomic mass is 32.2. The third kappa shape index (κ3) is 1.94. The first kappa shape index (κ1) is 8.83. The van der Waals surface area contributed by atoms with E-state index in [1.54, 1.807) is 11.3 Å². The third-order valence-electron chi connectivity index (χ3n) is 1.42. The lowest BCUT2D eigenvalue weighted by atomic mass is 10.4. The fourth-order valence-corrected chi connectivity index (χ4v) is 2.29. The highest BCUT2D eigenvalue weighted by molar-refractivity contribution is 8.00. The van der Waals surface area contributed by atoms with Crippen molar-refractivity contribution in [3.05, 3.63) is 5.51 Å². The maximum absolute atomic E-state index is 4.26. The molecule has 2 N–H and O–H groups in total. The number of hydrogen-bond acceptors (Lipinski definition) is 6. The van der Waals surface area contributed by atoms with Gasteiger partial charge in [0.1, 0.15) is 4.21 Å². The van der Waals surface area contributed by atoms with Crippen molar-refractivity contribution in [2.24, 2.45) is 4.40 Å². The minimum Gasteiger partial charge on any atom is -0.353 e. The van der Waals surface area contributed by atoms with Gasteiger partial charge in [0.2, 0.25) is 5.96 Å². The van der Waals surface area contributed by atoms with E-state index in [0.29, 0.717) is 6.04 Å². The van der Waals surface area contributed by atoms with Crippen LogP contribution >= 0.6 is 23.3 Å². The Morgan fingerprint density at radius 3 is 3.15 bits per heavy atom. The topological polar surface area (TPSA) is 49.3 Å². The Hall–Kier alpha value is -0.750. The average molecular weight is 214 g/mol. The van der Waals surface area contributed by atoms with Crippen LogP contribution in [0.3, 0.4) is 0 Å². The lowest BCUT2D eigenvalue weighted by Gasteiger charge is -2.16. The summed E-state index contributed by atoms with van der Waals surface area (Å²) in [4.78, 5) is 4.18. The molecular weight excluding hydrogens is 204 g/mol. The van der Waals surface area contributed by atoms with Crippen LogP contribution in [-0.4, -0.2) is 17.0 Å². The molecule has 1 aromatic rings. The Morgan fingerprint density at radius 1 is 1.54 bits per heavy atom. The first-order valence-electron chi connectivity index (χ1n) is 3.98. The summed E-state index contributed by atoms with van der Waals surface area (Å²) in [5.74, 6) is 1.70. The molecule has 2 rings (SSSR count). The monoisotopic (exact) mass is 214 g/mol. The maximum Gasteiger partial charge on any atom is 0.209 e. The van der Waals surface area contributed by atoms with Crippen LogP contribution in [-0.2, 0) is 0 Å². The van der Waals surface area contributed by atoms with Gasteiger partial charge in [-0.25, -0.2) is 4.98 Å². The second-order valence-corrected chi connectivity index (χ2v) is 4.83. The number of nitrogens with zero attached hydrogens (tertiary/aromatic N) is 2. The molecule has 1 aliphatic rings. The molecule has 0 saturated carbocycles. The maximum atomic E-state index is 4.26. The Labute approximate surface area is 85.0 Å². The molecule has 0 unspecified atom stereocenters. The summed E-state index contributed by atoms with van der Waals surface area (Å²) in [5.41, 5.74) is 1.82. The van der Waals surface area contributed by atoms with Gasteiger partial charge in [-0.05, 0) is 13.8 Å². The molecule has 0 bridgehead atoms. The zero-order valence-corrected chi connectivity index (χ0v) is 9.00. The quantitative estimate of drug-likeness (QED) is 0.701. The van der Waals surface area contributed by atoms with E-state index < -0.39 is 0 Å². The SMILES string of the molecule is CC(C)NC1=NSc2scnc2N1. The summed E-state index contributed by atoms with van der Waals surface area (Å²) < 4.78 is 5.38. The largest absolute Gasteiger partial charge is 0.353 e. The summed E-state index contributed by atoms with van der Waals surface area (Å²) >= 11 is 3.07. The van der Waals surface area contributed by atoms with Crippen molar-refractivity contribution in [1.29, 1.82) is 0 Å². The molecule has 0 radical (unpaired) electrons. The molecule has 0 aromatic carbocycles. The molecule has 1 aromatic heterocycles. The first-order valence-corrected chi connectivity index (χ1v) is 5.63. The van der Waals surface area contributed by atoms with Crippen LogP contribution in [0.5, 0.6) is 0 Å². The van der Waals surface area contributed by atoms with Gasteiger partial charge in [0, 0.05) is 18.0 Å². The van der Waals surface area contributed by atoms with Crippen LogP contribution < -0.4 is 10.6 Å². The van der Waals surface area contributed by atoms with Crippen LogP contribution in [0, 0.1) is 0 Å².